The molecule has 3 rings (SSSR count). The van der Waals surface area contributed by atoms with Gasteiger partial charge in [0.15, 0.2) is 0 Å². The van der Waals surface area contributed by atoms with Crippen molar-refractivity contribution in [3.05, 3.63) is 93.5 Å². The van der Waals surface area contributed by atoms with Crippen LogP contribution < -0.4 is 9.62 Å². The molecule has 7 nitrogen and oxygen atoms in total. The van der Waals surface area contributed by atoms with Crippen molar-refractivity contribution >= 4 is 50.7 Å². The largest absolute Gasteiger partial charge is 0.352 e. The van der Waals surface area contributed by atoms with Crippen LogP contribution >= 0.6 is 23.2 Å². The third-order valence-electron chi connectivity index (χ3n) is 6.17. The van der Waals surface area contributed by atoms with Gasteiger partial charge < -0.3 is 10.2 Å². The van der Waals surface area contributed by atoms with E-state index in [0.29, 0.717) is 26.9 Å². The van der Waals surface area contributed by atoms with E-state index in [9.17, 15) is 18.0 Å². The highest BCUT2D eigenvalue weighted by atomic mass is 35.5. The van der Waals surface area contributed by atoms with Crippen LogP contribution in [0.5, 0.6) is 0 Å². The summed E-state index contributed by atoms with van der Waals surface area (Å²) in [5.41, 5.74) is 2.68. The lowest BCUT2D eigenvalue weighted by Gasteiger charge is -2.32. The monoisotopic (exact) mass is 589 g/mol. The topological polar surface area (TPSA) is 86.8 Å². The summed E-state index contributed by atoms with van der Waals surface area (Å²) in [6, 6.07) is 17.2. The van der Waals surface area contributed by atoms with Crippen LogP contribution in [0.15, 0.2) is 71.6 Å². The van der Waals surface area contributed by atoms with Crippen molar-refractivity contribution < 1.29 is 18.0 Å². The SMILES string of the molecule is Cc1ccc(N(CC(=O)N(Cc2ccc(Cl)c(Cl)c2)[C@H](C)C(=O)NC(C)C)S(=O)(=O)c2ccccc2)c(C)c1. The first kappa shape index (κ1) is 30.5. The molecule has 0 spiro atoms. The average Bonchev–Trinajstić information content (AvgIpc) is 2.87. The lowest BCUT2D eigenvalue weighted by Crippen LogP contribution is -2.52. The highest BCUT2D eigenvalue weighted by Gasteiger charge is 2.33. The normalized spacial score (nSPS) is 12.2. The smallest absolute Gasteiger partial charge is 0.264 e. The van der Waals surface area contributed by atoms with E-state index in [1.54, 1.807) is 62.4 Å². The molecule has 0 bridgehead atoms. The fourth-order valence-corrected chi connectivity index (χ4v) is 5.96. The van der Waals surface area contributed by atoms with Crippen molar-refractivity contribution in [2.45, 2.75) is 58.1 Å². The maximum absolute atomic E-state index is 14.0. The molecule has 1 N–H and O–H groups in total. The Morgan fingerprint density at radius 1 is 0.897 bits per heavy atom. The molecule has 0 aliphatic heterocycles. The molecule has 0 heterocycles. The number of halogens is 2. The van der Waals surface area contributed by atoms with Gasteiger partial charge in [0.25, 0.3) is 10.0 Å². The molecule has 0 fully saturated rings. The first-order valence-corrected chi connectivity index (χ1v) is 14.7. The summed E-state index contributed by atoms with van der Waals surface area (Å²) in [5.74, 6) is -0.908. The number of carbonyl (C=O) groups excluding carboxylic acids is 2. The van der Waals surface area contributed by atoms with E-state index >= 15 is 0 Å². The van der Waals surface area contributed by atoms with Crippen molar-refractivity contribution in [1.82, 2.24) is 10.2 Å². The van der Waals surface area contributed by atoms with E-state index in [4.69, 9.17) is 23.2 Å². The Morgan fingerprint density at radius 2 is 1.56 bits per heavy atom. The second-order valence-corrected chi connectivity index (χ2v) is 12.4. The van der Waals surface area contributed by atoms with Crippen LogP contribution in [0.2, 0.25) is 10.0 Å². The zero-order valence-corrected chi connectivity index (χ0v) is 24.9. The van der Waals surface area contributed by atoms with Gasteiger partial charge in [0.05, 0.1) is 20.6 Å². The summed E-state index contributed by atoms with van der Waals surface area (Å²) in [4.78, 5) is 28.4. The summed E-state index contributed by atoms with van der Waals surface area (Å²) in [7, 11) is -4.12. The number of nitrogens with one attached hydrogen (secondary N) is 1. The fraction of sp³-hybridized carbons (Fsp3) is 0.310. The maximum atomic E-state index is 14.0. The minimum atomic E-state index is -4.12. The van der Waals surface area contributed by atoms with Crippen LogP contribution in [-0.4, -0.2) is 43.8 Å². The minimum Gasteiger partial charge on any atom is -0.352 e. The molecular formula is C29H33Cl2N3O4S. The first-order chi connectivity index (χ1) is 18.3. The molecule has 3 aromatic carbocycles. The van der Waals surface area contributed by atoms with Gasteiger partial charge in [-0.05, 0) is 76.1 Å². The third-order valence-corrected chi connectivity index (χ3v) is 8.68. The van der Waals surface area contributed by atoms with Gasteiger partial charge in [-0.1, -0.05) is 65.2 Å². The number of amides is 2. The van der Waals surface area contributed by atoms with Crippen LogP contribution in [0.4, 0.5) is 5.69 Å². The van der Waals surface area contributed by atoms with Crippen LogP contribution in [0.1, 0.15) is 37.5 Å². The van der Waals surface area contributed by atoms with Gasteiger partial charge in [-0.25, -0.2) is 8.42 Å². The molecule has 0 aliphatic rings. The molecule has 0 unspecified atom stereocenters. The van der Waals surface area contributed by atoms with Crippen molar-refractivity contribution in [3.63, 3.8) is 0 Å². The number of hydrogen-bond acceptors (Lipinski definition) is 4. The number of aryl methyl sites for hydroxylation is 2. The molecule has 0 saturated heterocycles. The predicted octanol–water partition coefficient (Wildman–Crippen LogP) is 5.75. The summed E-state index contributed by atoms with van der Waals surface area (Å²) in [6.07, 6.45) is 0. The van der Waals surface area contributed by atoms with E-state index in [1.807, 2.05) is 26.8 Å². The van der Waals surface area contributed by atoms with E-state index in [-0.39, 0.29) is 23.4 Å². The van der Waals surface area contributed by atoms with Crippen molar-refractivity contribution in [1.29, 1.82) is 0 Å². The summed E-state index contributed by atoms with van der Waals surface area (Å²) >= 11 is 12.3. The Morgan fingerprint density at radius 3 is 2.15 bits per heavy atom. The molecule has 39 heavy (non-hydrogen) atoms. The van der Waals surface area contributed by atoms with E-state index in [2.05, 4.69) is 5.32 Å². The zero-order chi connectivity index (χ0) is 28.9. The quantitative estimate of drug-likeness (QED) is 0.326. The molecule has 2 amide bonds. The second-order valence-electron chi connectivity index (χ2n) is 9.72. The maximum Gasteiger partial charge on any atom is 0.264 e. The van der Waals surface area contributed by atoms with Crippen LogP contribution in [0.3, 0.4) is 0 Å². The van der Waals surface area contributed by atoms with Gasteiger partial charge in [-0.2, -0.15) is 0 Å². The first-order valence-electron chi connectivity index (χ1n) is 12.5. The highest BCUT2D eigenvalue weighted by Crippen LogP contribution is 2.29. The van der Waals surface area contributed by atoms with Gasteiger partial charge in [-0.3, -0.25) is 13.9 Å². The van der Waals surface area contributed by atoms with Gasteiger partial charge in [0.1, 0.15) is 12.6 Å². The van der Waals surface area contributed by atoms with Crippen LogP contribution in [0, 0.1) is 13.8 Å². The van der Waals surface area contributed by atoms with Gasteiger partial charge >= 0.3 is 0 Å². The number of hydrogen-bond donors (Lipinski definition) is 1. The Labute approximate surface area is 240 Å². The van der Waals surface area contributed by atoms with Crippen LogP contribution in [0.25, 0.3) is 0 Å². The van der Waals surface area contributed by atoms with E-state index < -0.39 is 28.5 Å². The summed E-state index contributed by atoms with van der Waals surface area (Å²) < 4.78 is 28.8. The van der Waals surface area contributed by atoms with Gasteiger partial charge in [0.2, 0.25) is 11.8 Å². The minimum absolute atomic E-state index is 0.0223. The summed E-state index contributed by atoms with van der Waals surface area (Å²) in [5, 5.41) is 3.50. The lowest BCUT2D eigenvalue weighted by molar-refractivity contribution is -0.139. The van der Waals surface area contributed by atoms with E-state index in [1.165, 1.54) is 17.0 Å². The molecule has 208 valence electrons. The van der Waals surface area contributed by atoms with Gasteiger partial charge in [-0.15, -0.1) is 0 Å². The highest BCUT2D eigenvalue weighted by molar-refractivity contribution is 7.92. The number of benzene rings is 3. The molecule has 0 aromatic heterocycles. The predicted molar refractivity (Wildman–Crippen MR) is 157 cm³/mol. The standard InChI is InChI=1S/C29H33Cl2N3O4S/c1-19(2)32-29(36)22(5)33(17-23-12-13-25(30)26(31)16-23)28(35)18-34(27-14-11-20(3)15-21(27)4)39(37,38)24-9-7-6-8-10-24/h6-16,19,22H,17-18H2,1-5H3,(H,32,36)/t22-/m1/s1. The molecule has 0 aliphatic carbocycles. The zero-order valence-electron chi connectivity index (χ0n) is 22.6. The molecule has 1 atom stereocenters. The van der Waals surface area contributed by atoms with Crippen molar-refractivity contribution in [2.75, 3.05) is 10.8 Å². The van der Waals surface area contributed by atoms with Crippen molar-refractivity contribution in [2.24, 2.45) is 0 Å². The molecule has 0 saturated carbocycles. The Hall–Kier alpha value is -3.07. The third kappa shape index (κ3) is 7.53. The number of sulfonamides is 1. The van der Waals surface area contributed by atoms with Gasteiger partial charge in [0, 0.05) is 12.6 Å². The number of anilines is 1. The number of carbonyl (C=O) groups is 2. The Balaban J connectivity index is 2.07. The number of rotatable bonds is 10. The molecule has 0 radical (unpaired) electrons. The lowest BCUT2D eigenvalue weighted by atomic mass is 10.1. The van der Waals surface area contributed by atoms with Crippen molar-refractivity contribution in [3.8, 4) is 0 Å². The Kier molecular flexibility index (Phi) is 10.0. The fourth-order valence-electron chi connectivity index (χ4n) is 4.14. The second kappa shape index (κ2) is 12.9. The molecule has 3 aromatic rings. The number of nitrogens with zero attached hydrogens (tertiary/aromatic N) is 2. The molecule has 10 heteroatoms. The average molecular weight is 591 g/mol. The molecular weight excluding hydrogens is 557 g/mol. The van der Waals surface area contributed by atoms with E-state index in [0.717, 1.165) is 9.87 Å². The van der Waals surface area contributed by atoms with Crippen LogP contribution in [-0.2, 0) is 26.2 Å². The Bertz CT molecular complexity index is 1450. The summed E-state index contributed by atoms with van der Waals surface area (Å²) in [6.45, 7) is 8.48.